The van der Waals surface area contributed by atoms with Gasteiger partial charge in [0.1, 0.15) is 10.9 Å². The Morgan fingerprint density at radius 3 is 2.76 bits per heavy atom. The predicted octanol–water partition coefficient (Wildman–Crippen LogP) is 4.64. The molecule has 0 atom stereocenters. The van der Waals surface area contributed by atoms with Crippen molar-refractivity contribution in [2.75, 3.05) is 12.4 Å². The Labute approximate surface area is 150 Å². The van der Waals surface area contributed by atoms with Crippen LogP contribution in [0, 0.1) is 6.92 Å². The molecule has 5 heteroatoms. The SMILES string of the molecule is COc1cc2c(cc1C)NC(=O)/C2=C/c1c(Cl)n(C)c2ccccc12. The lowest BCUT2D eigenvalue weighted by Gasteiger charge is -2.07. The van der Waals surface area contributed by atoms with E-state index in [2.05, 4.69) is 5.32 Å². The van der Waals surface area contributed by atoms with Crippen LogP contribution >= 0.6 is 11.6 Å². The quantitative estimate of drug-likeness (QED) is 0.683. The Balaban J connectivity index is 1.95. The number of rotatable bonds is 2. The highest BCUT2D eigenvalue weighted by atomic mass is 35.5. The van der Waals surface area contributed by atoms with Gasteiger partial charge in [-0.25, -0.2) is 0 Å². The molecule has 0 unspecified atom stereocenters. The standard InChI is InChI=1S/C20H17ClN2O2/c1-11-8-16-13(10-18(11)25-3)15(20(24)22-16)9-14-12-6-4-5-7-17(12)23(2)19(14)21/h4-10H,1-3H3,(H,22,24)/b15-9+. The van der Waals surface area contributed by atoms with Crippen molar-refractivity contribution in [3.05, 3.63) is 58.2 Å². The topological polar surface area (TPSA) is 43.3 Å². The normalized spacial score (nSPS) is 14.9. The zero-order valence-electron chi connectivity index (χ0n) is 14.2. The molecule has 1 amide bonds. The first-order chi connectivity index (χ1) is 12.0. The van der Waals surface area contributed by atoms with E-state index in [1.807, 2.05) is 61.0 Å². The molecule has 25 heavy (non-hydrogen) atoms. The molecule has 0 saturated heterocycles. The molecule has 4 nitrogen and oxygen atoms in total. The van der Waals surface area contributed by atoms with E-state index < -0.39 is 0 Å². The van der Waals surface area contributed by atoms with Crippen molar-refractivity contribution in [2.45, 2.75) is 6.92 Å². The third kappa shape index (κ3) is 2.33. The van der Waals surface area contributed by atoms with Crippen molar-refractivity contribution in [1.29, 1.82) is 0 Å². The number of hydrogen-bond acceptors (Lipinski definition) is 2. The molecular weight excluding hydrogens is 336 g/mol. The Kier molecular flexibility index (Phi) is 3.58. The van der Waals surface area contributed by atoms with Gasteiger partial charge in [0.15, 0.2) is 0 Å². The number of ether oxygens (including phenoxy) is 1. The van der Waals surface area contributed by atoms with Crippen LogP contribution in [0.5, 0.6) is 5.75 Å². The van der Waals surface area contributed by atoms with Gasteiger partial charge in [-0.2, -0.15) is 0 Å². The van der Waals surface area contributed by atoms with Gasteiger partial charge in [0.25, 0.3) is 5.91 Å². The minimum absolute atomic E-state index is 0.133. The number of para-hydroxylation sites is 1. The summed E-state index contributed by atoms with van der Waals surface area (Å²) in [4.78, 5) is 12.5. The highest BCUT2D eigenvalue weighted by Gasteiger charge is 2.26. The number of methoxy groups -OCH3 is 1. The summed E-state index contributed by atoms with van der Waals surface area (Å²) in [5.74, 6) is 0.622. The second kappa shape index (κ2) is 5.67. The van der Waals surface area contributed by atoms with Crippen molar-refractivity contribution in [2.24, 2.45) is 7.05 Å². The predicted molar refractivity (Wildman–Crippen MR) is 102 cm³/mol. The van der Waals surface area contributed by atoms with E-state index in [0.717, 1.165) is 39.0 Å². The third-order valence-electron chi connectivity index (χ3n) is 4.68. The summed E-state index contributed by atoms with van der Waals surface area (Å²) in [6, 6.07) is 11.8. The van der Waals surface area contributed by atoms with Gasteiger partial charge in [0, 0.05) is 40.3 Å². The van der Waals surface area contributed by atoms with E-state index in [9.17, 15) is 4.79 Å². The third-order valence-corrected chi connectivity index (χ3v) is 5.14. The fourth-order valence-corrected chi connectivity index (χ4v) is 3.61. The van der Waals surface area contributed by atoms with Crippen LogP contribution in [-0.4, -0.2) is 17.6 Å². The number of benzene rings is 2. The molecule has 0 bridgehead atoms. The summed E-state index contributed by atoms with van der Waals surface area (Å²) in [5, 5.41) is 4.54. The number of anilines is 1. The van der Waals surface area contributed by atoms with Crippen LogP contribution in [0.25, 0.3) is 22.6 Å². The van der Waals surface area contributed by atoms with Crippen molar-refractivity contribution in [3.8, 4) is 5.75 Å². The zero-order chi connectivity index (χ0) is 17.7. The number of nitrogens with zero attached hydrogens (tertiary/aromatic N) is 1. The van der Waals surface area contributed by atoms with E-state index in [0.29, 0.717) is 10.7 Å². The molecule has 1 aromatic heterocycles. The Bertz CT molecular complexity index is 1060. The molecule has 0 aliphatic carbocycles. The number of fused-ring (bicyclic) bond motifs is 2. The summed E-state index contributed by atoms with van der Waals surface area (Å²) >= 11 is 6.54. The molecule has 2 heterocycles. The molecule has 3 aromatic rings. The summed E-state index contributed by atoms with van der Waals surface area (Å²) < 4.78 is 7.33. The van der Waals surface area contributed by atoms with Gasteiger partial charge >= 0.3 is 0 Å². The number of halogens is 1. The van der Waals surface area contributed by atoms with Crippen LogP contribution in [0.15, 0.2) is 36.4 Å². The molecule has 1 N–H and O–H groups in total. The molecule has 2 aromatic carbocycles. The Hall–Kier alpha value is -2.72. The Morgan fingerprint density at radius 2 is 2.00 bits per heavy atom. The van der Waals surface area contributed by atoms with Gasteiger partial charge in [-0.1, -0.05) is 29.8 Å². The minimum Gasteiger partial charge on any atom is -0.496 e. The van der Waals surface area contributed by atoms with Crippen LogP contribution in [0.1, 0.15) is 16.7 Å². The maximum Gasteiger partial charge on any atom is 0.256 e. The zero-order valence-corrected chi connectivity index (χ0v) is 14.9. The van der Waals surface area contributed by atoms with Gasteiger partial charge in [-0.05, 0) is 36.8 Å². The number of aromatic nitrogens is 1. The average Bonchev–Trinajstić information content (AvgIpc) is 3.03. The van der Waals surface area contributed by atoms with Crippen molar-refractivity contribution in [3.63, 3.8) is 0 Å². The molecule has 1 aliphatic rings. The smallest absolute Gasteiger partial charge is 0.256 e. The van der Waals surface area contributed by atoms with Gasteiger partial charge < -0.3 is 14.6 Å². The van der Waals surface area contributed by atoms with Crippen LogP contribution in [0.2, 0.25) is 5.15 Å². The maximum atomic E-state index is 12.5. The number of amides is 1. The summed E-state index contributed by atoms with van der Waals surface area (Å²) in [6.07, 6.45) is 1.86. The first kappa shape index (κ1) is 15.8. The lowest BCUT2D eigenvalue weighted by molar-refractivity contribution is -0.110. The highest BCUT2D eigenvalue weighted by Crippen LogP contribution is 2.39. The van der Waals surface area contributed by atoms with E-state index in [-0.39, 0.29) is 5.91 Å². The highest BCUT2D eigenvalue weighted by molar-refractivity contribution is 6.38. The number of carbonyl (C=O) groups is 1. The van der Waals surface area contributed by atoms with Crippen molar-refractivity contribution < 1.29 is 9.53 Å². The first-order valence-electron chi connectivity index (χ1n) is 7.96. The fraction of sp³-hybridized carbons (Fsp3) is 0.150. The molecule has 126 valence electrons. The maximum absolute atomic E-state index is 12.5. The lowest BCUT2D eigenvalue weighted by Crippen LogP contribution is -2.03. The van der Waals surface area contributed by atoms with Gasteiger partial charge in [0.2, 0.25) is 0 Å². The molecule has 0 fully saturated rings. The largest absolute Gasteiger partial charge is 0.496 e. The van der Waals surface area contributed by atoms with E-state index in [4.69, 9.17) is 16.3 Å². The van der Waals surface area contributed by atoms with Gasteiger partial charge in [0.05, 0.1) is 7.11 Å². The first-order valence-corrected chi connectivity index (χ1v) is 8.34. The molecule has 0 radical (unpaired) electrons. The lowest BCUT2D eigenvalue weighted by atomic mass is 10.0. The molecule has 1 aliphatic heterocycles. The summed E-state index contributed by atoms with van der Waals surface area (Å²) in [5.41, 5.74) is 5.07. The monoisotopic (exact) mass is 352 g/mol. The number of nitrogens with one attached hydrogen (secondary N) is 1. The molecule has 0 saturated carbocycles. The number of hydrogen-bond donors (Lipinski definition) is 1. The molecule has 0 spiro atoms. The van der Waals surface area contributed by atoms with E-state index in [1.165, 1.54) is 0 Å². The van der Waals surface area contributed by atoms with Gasteiger partial charge in [-0.15, -0.1) is 0 Å². The van der Waals surface area contributed by atoms with Crippen molar-refractivity contribution in [1.82, 2.24) is 4.57 Å². The fourth-order valence-electron chi connectivity index (χ4n) is 3.36. The Morgan fingerprint density at radius 1 is 1.24 bits per heavy atom. The average molecular weight is 353 g/mol. The van der Waals surface area contributed by atoms with Crippen LogP contribution in [0.4, 0.5) is 5.69 Å². The second-order valence-corrected chi connectivity index (χ2v) is 6.52. The number of carbonyl (C=O) groups excluding carboxylic acids is 1. The number of aryl methyl sites for hydroxylation is 2. The second-order valence-electron chi connectivity index (χ2n) is 6.16. The summed E-state index contributed by atoms with van der Waals surface area (Å²) in [6.45, 7) is 1.95. The summed E-state index contributed by atoms with van der Waals surface area (Å²) in [7, 11) is 3.55. The minimum atomic E-state index is -0.133. The van der Waals surface area contributed by atoms with Crippen LogP contribution in [-0.2, 0) is 11.8 Å². The van der Waals surface area contributed by atoms with E-state index in [1.54, 1.807) is 7.11 Å². The van der Waals surface area contributed by atoms with Crippen molar-refractivity contribution >= 4 is 45.7 Å². The van der Waals surface area contributed by atoms with Gasteiger partial charge in [-0.3, -0.25) is 4.79 Å². The molecule has 4 rings (SSSR count). The molecular formula is C20H17ClN2O2. The van der Waals surface area contributed by atoms with E-state index >= 15 is 0 Å². The van der Waals surface area contributed by atoms with Crippen LogP contribution < -0.4 is 10.1 Å². The van der Waals surface area contributed by atoms with Crippen LogP contribution in [0.3, 0.4) is 0 Å².